The average Bonchev–Trinajstić information content (AvgIpc) is 3.37. The van der Waals surface area contributed by atoms with Crippen LogP contribution in [0.3, 0.4) is 0 Å². The summed E-state index contributed by atoms with van der Waals surface area (Å²) in [6, 6.07) is 15.7. The highest BCUT2D eigenvalue weighted by atomic mass is 32.2. The van der Waals surface area contributed by atoms with Crippen molar-refractivity contribution in [1.29, 1.82) is 0 Å². The van der Waals surface area contributed by atoms with Crippen molar-refractivity contribution in [3.8, 4) is 5.75 Å². The van der Waals surface area contributed by atoms with E-state index in [0.29, 0.717) is 61.4 Å². The van der Waals surface area contributed by atoms with Crippen molar-refractivity contribution in [3.63, 3.8) is 0 Å². The van der Waals surface area contributed by atoms with Gasteiger partial charge in [-0.15, -0.1) is 0 Å². The highest BCUT2D eigenvalue weighted by molar-refractivity contribution is 7.90. The standard InChI is InChI=1S/C29H26N4O4S/c1-30-22-10-8-21(9-11-22)18-33-20-31-17-23(33)14-16-37-28-13-12-25-24(5-4-6-27(25)34)26(28)19-38(35,36)29-7-2-3-15-32-29/h2-3,7-13,15,17,20H,4-6,14,16,18-19H2. The maximum atomic E-state index is 13.2. The Morgan fingerprint density at radius 3 is 2.66 bits per heavy atom. The minimum absolute atomic E-state index is 0.000906. The Hall–Kier alpha value is -4.29. The molecule has 0 aliphatic heterocycles. The van der Waals surface area contributed by atoms with Crippen molar-refractivity contribution in [2.75, 3.05) is 6.61 Å². The molecule has 192 valence electrons. The van der Waals surface area contributed by atoms with Crippen LogP contribution in [0.25, 0.3) is 4.85 Å². The Labute approximate surface area is 221 Å². The molecule has 9 heteroatoms. The van der Waals surface area contributed by atoms with Crippen molar-refractivity contribution in [2.24, 2.45) is 0 Å². The van der Waals surface area contributed by atoms with E-state index in [-0.39, 0.29) is 16.6 Å². The number of rotatable bonds is 9. The van der Waals surface area contributed by atoms with Gasteiger partial charge in [-0.05, 0) is 48.2 Å². The second-order valence-corrected chi connectivity index (χ2v) is 11.1. The average molecular weight is 527 g/mol. The van der Waals surface area contributed by atoms with Gasteiger partial charge in [0.1, 0.15) is 5.75 Å². The van der Waals surface area contributed by atoms with Gasteiger partial charge in [-0.3, -0.25) is 4.79 Å². The Bertz CT molecular complexity index is 1600. The van der Waals surface area contributed by atoms with E-state index < -0.39 is 9.84 Å². The lowest BCUT2D eigenvalue weighted by atomic mass is 9.87. The first-order chi connectivity index (χ1) is 18.4. The summed E-state index contributed by atoms with van der Waals surface area (Å²) >= 11 is 0. The van der Waals surface area contributed by atoms with E-state index >= 15 is 0 Å². The van der Waals surface area contributed by atoms with Crippen LogP contribution < -0.4 is 4.74 Å². The zero-order valence-corrected chi connectivity index (χ0v) is 21.5. The van der Waals surface area contributed by atoms with Crippen molar-refractivity contribution < 1.29 is 17.9 Å². The predicted molar refractivity (Wildman–Crippen MR) is 142 cm³/mol. The summed E-state index contributed by atoms with van der Waals surface area (Å²) in [5, 5.41) is -0.000906. The van der Waals surface area contributed by atoms with E-state index in [4.69, 9.17) is 11.3 Å². The number of imidazole rings is 1. The second-order valence-electron chi connectivity index (χ2n) is 9.16. The highest BCUT2D eigenvalue weighted by Crippen LogP contribution is 2.34. The number of hydrogen-bond acceptors (Lipinski definition) is 6. The van der Waals surface area contributed by atoms with Gasteiger partial charge in [0.25, 0.3) is 0 Å². The van der Waals surface area contributed by atoms with Crippen LogP contribution >= 0.6 is 0 Å². The molecule has 0 saturated carbocycles. The zero-order valence-electron chi connectivity index (χ0n) is 20.7. The van der Waals surface area contributed by atoms with Gasteiger partial charge in [0, 0.05) is 48.6 Å². The molecule has 0 fully saturated rings. The molecule has 0 atom stereocenters. The molecule has 5 rings (SSSR count). The Balaban J connectivity index is 1.35. The molecule has 0 bridgehead atoms. The summed E-state index contributed by atoms with van der Waals surface area (Å²) < 4.78 is 34.6. The molecule has 2 aromatic carbocycles. The Kier molecular flexibility index (Phi) is 7.33. The molecular formula is C29H26N4O4S. The van der Waals surface area contributed by atoms with E-state index in [1.807, 2.05) is 16.7 Å². The number of ketones is 1. The molecule has 0 amide bonds. The van der Waals surface area contributed by atoms with Crippen LogP contribution in [0.4, 0.5) is 5.69 Å². The fourth-order valence-electron chi connectivity index (χ4n) is 4.70. The smallest absolute Gasteiger partial charge is 0.199 e. The molecule has 1 aliphatic carbocycles. The molecule has 0 saturated heterocycles. The minimum atomic E-state index is -3.74. The number of hydrogen-bond donors (Lipinski definition) is 0. The molecule has 8 nitrogen and oxygen atoms in total. The summed E-state index contributed by atoms with van der Waals surface area (Å²) in [6.07, 6.45) is 7.33. The van der Waals surface area contributed by atoms with Crippen molar-refractivity contribution in [1.82, 2.24) is 14.5 Å². The second kappa shape index (κ2) is 11.0. The first-order valence-corrected chi connectivity index (χ1v) is 14.0. The molecule has 0 N–H and O–H groups in total. The number of ether oxygens (including phenoxy) is 1. The van der Waals surface area contributed by atoms with Crippen LogP contribution in [-0.2, 0) is 35.0 Å². The first kappa shape index (κ1) is 25.4. The van der Waals surface area contributed by atoms with Crippen LogP contribution in [0, 0.1) is 6.57 Å². The molecule has 1 aliphatic rings. The van der Waals surface area contributed by atoms with E-state index in [1.165, 1.54) is 12.3 Å². The van der Waals surface area contributed by atoms with Crippen LogP contribution in [0.2, 0.25) is 0 Å². The molecule has 0 radical (unpaired) electrons. The summed E-state index contributed by atoms with van der Waals surface area (Å²) in [5.41, 5.74) is 4.49. The van der Waals surface area contributed by atoms with Gasteiger partial charge in [0.15, 0.2) is 26.3 Å². The molecule has 0 spiro atoms. The quantitative estimate of drug-likeness (QED) is 0.285. The Morgan fingerprint density at radius 1 is 1.05 bits per heavy atom. The zero-order chi connectivity index (χ0) is 26.5. The number of carbonyl (C=O) groups excluding carboxylic acids is 1. The van der Waals surface area contributed by atoms with Crippen LogP contribution in [0.5, 0.6) is 5.75 Å². The van der Waals surface area contributed by atoms with E-state index in [0.717, 1.165) is 16.8 Å². The lowest BCUT2D eigenvalue weighted by Crippen LogP contribution is -2.17. The Morgan fingerprint density at radius 2 is 1.89 bits per heavy atom. The van der Waals surface area contributed by atoms with Gasteiger partial charge >= 0.3 is 0 Å². The van der Waals surface area contributed by atoms with E-state index in [9.17, 15) is 13.2 Å². The van der Waals surface area contributed by atoms with Crippen molar-refractivity contribution in [2.45, 2.75) is 43.0 Å². The van der Waals surface area contributed by atoms with E-state index in [2.05, 4.69) is 14.8 Å². The van der Waals surface area contributed by atoms with Gasteiger partial charge in [0.2, 0.25) is 0 Å². The fourth-order valence-corrected chi connectivity index (χ4v) is 6.06. The maximum Gasteiger partial charge on any atom is 0.199 e. The summed E-state index contributed by atoms with van der Waals surface area (Å²) in [5.74, 6) is 0.218. The molecule has 0 unspecified atom stereocenters. The molecule has 2 heterocycles. The van der Waals surface area contributed by atoms with Gasteiger partial charge in [-0.25, -0.2) is 23.2 Å². The summed E-state index contributed by atoms with van der Waals surface area (Å²) in [4.78, 5) is 24.3. The number of carbonyl (C=O) groups is 1. The topological polar surface area (TPSA) is 95.5 Å². The third kappa shape index (κ3) is 5.50. The van der Waals surface area contributed by atoms with Crippen LogP contribution in [-0.4, -0.2) is 35.3 Å². The van der Waals surface area contributed by atoms with Gasteiger partial charge < -0.3 is 9.30 Å². The number of Topliss-reactive ketones (excluding diaryl/α,β-unsaturated/α-hetero) is 1. The summed E-state index contributed by atoms with van der Waals surface area (Å²) in [6.45, 7) is 8.03. The van der Waals surface area contributed by atoms with Crippen LogP contribution in [0.15, 0.2) is 78.3 Å². The van der Waals surface area contributed by atoms with Crippen molar-refractivity contribution in [3.05, 3.63) is 113 Å². The number of sulfone groups is 1. The van der Waals surface area contributed by atoms with Gasteiger partial charge in [-0.1, -0.05) is 30.3 Å². The third-order valence-electron chi connectivity index (χ3n) is 6.64. The number of pyridine rings is 1. The minimum Gasteiger partial charge on any atom is -0.493 e. The largest absolute Gasteiger partial charge is 0.493 e. The van der Waals surface area contributed by atoms with Gasteiger partial charge in [0.05, 0.1) is 25.3 Å². The molecule has 38 heavy (non-hydrogen) atoms. The van der Waals surface area contributed by atoms with Gasteiger partial charge in [-0.2, -0.15) is 0 Å². The van der Waals surface area contributed by atoms with Crippen molar-refractivity contribution >= 4 is 21.3 Å². The summed E-state index contributed by atoms with van der Waals surface area (Å²) in [7, 11) is -3.74. The lowest BCUT2D eigenvalue weighted by molar-refractivity contribution is 0.0972. The molecular weight excluding hydrogens is 500 g/mol. The first-order valence-electron chi connectivity index (χ1n) is 12.3. The fraction of sp³-hybridized carbons (Fsp3) is 0.241. The number of fused-ring (bicyclic) bond motifs is 1. The molecule has 2 aromatic heterocycles. The monoisotopic (exact) mass is 526 g/mol. The normalized spacial score (nSPS) is 13.1. The maximum absolute atomic E-state index is 13.2. The third-order valence-corrected chi connectivity index (χ3v) is 8.19. The lowest BCUT2D eigenvalue weighted by Gasteiger charge is -2.22. The highest BCUT2D eigenvalue weighted by Gasteiger charge is 2.27. The van der Waals surface area contributed by atoms with Crippen LogP contribution in [0.1, 0.15) is 45.6 Å². The predicted octanol–water partition coefficient (Wildman–Crippen LogP) is 4.99. The molecule has 4 aromatic rings. The number of nitrogens with zero attached hydrogens (tertiary/aromatic N) is 4. The van der Waals surface area contributed by atoms with E-state index in [1.54, 1.807) is 48.9 Å². The SMILES string of the molecule is [C-]#[N+]c1ccc(Cn2cncc2CCOc2ccc3c(c2CS(=O)(=O)c2ccccn2)CCCC3=O)cc1. The number of benzene rings is 2. The number of aromatic nitrogens is 3.